The molecule has 0 aliphatic rings. The number of phenolic OH excluding ortho intramolecular Hbond substituents is 2. The second kappa shape index (κ2) is 33.8. The van der Waals surface area contributed by atoms with Crippen LogP contribution in [0.5, 0.6) is 17.2 Å². The second-order valence-electron chi connectivity index (χ2n) is 33.2. The molecule has 7 heterocycles. The zero-order valence-electron chi connectivity index (χ0n) is 66.8. The topological polar surface area (TPSA) is 287 Å². The predicted molar refractivity (Wildman–Crippen MR) is 462 cm³/mol. The fraction of sp³-hybridized carbons (Fsp3) is 0.227. The Morgan fingerprint density at radius 1 is 0.351 bits per heavy atom. The van der Waals surface area contributed by atoms with Gasteiger partial charge < -0.3 is 50.2 Å². The maximum atomic E-state index is 12.3. The molecule has 114 heavy (non-hydrogen) atoms. The summed E-state index contributed by atoms with van der Waals surface area (Å²) in [6.45, 7) is 28.7. The number of H-pyrrole nitrogens is 3. The van der Waals surface area contributed by atoms with Crippen molar-refractivity contribution >= 4 is 84.0 Å². The second-order valence-corrected chi connectivity index (χ2v) is 33.2. The van der Waals surface area contributed by atoms with Crippen LogP contribution >= 0.6 is 0 Å². The Labute approximate surface area is 665 Å². The third kappa shape index (κ3) is 20.3. The van der Waals surface area contributed by atoms with Gasteiger partial charge in [0, 0.05) is 134 Å². The van der Waals surface area contributed by atoms with Crippen molar-refractivity contribution in [3.8, 4) is 85.1 Å². The highest BCUT2D eigenvalue weighted by Gasteiger charge is 2.28. The molecule has 0 atom stereocenters. The number of nitrogens with zero attached hydrogens (tertiary/aromatic N) is 2. The number of hydrogen-bond acceptors (Lipinski definition) is 14. The van der Waals surface area contributed by atoms with Crippen LogP contribution in [0.1, 0.15) is 163 Å². The maximum absolute atomic E-state index is 12.3. The van der Waals surface area contributed by atoms with Gasteiger partial charge in [0.25, 0.3) is 0 Å². The molecule has 0 saturated carbocycles. The number of fused-ring (bicyclic) bond motifs is 4. The number of furan rings is 2. The van der Waals surface area contributed by atoms with E-state index in [9.17, 15) is 34.2 Å². The molecule has 0 amide bonds. The van der Waals surface area contributed by atoms with E-state index in [0.29, 0.717) is 34.0 Å². The van der Waals surface area contributed by atoms with Crippen LogP contribution in [0.3, 0.4) is 0 Å². The number of nitrogens with one attached hydrogen (secondary N) is 3. The molecule has 0 radical (unpaired) electrons. The monoisotopic (exact) mass is 1520 g/mol. The van der Waals surface area contributed by atoms with Gasteiger partial charge in [-0.25, -0.2) is 0 Å². The van der Waals surface area contributed by atoms with E-state index in [1.165, 1.54) is 0 Å². The number of aromatic hydroxyl groups is 2. The SMILES string of the molecule is C.CC(C)(C)C(=O)c1ccc(-c2cc(-c3ccc(O)cc3)c[nH]2)cc1.CC(C)(C)C(=O)c1ccc(-c2cc3cc(N)ccc3o2)cc1.CC(C)(C)C(=O)c1ccc(-c2cc3cc(N)ccc3o2)nc1.CC(C)(C)C(=O)c1ccc(-c2cc3cc(O)ccc3[nH]2)nc1.COc1ccc2[nH]c(-c3ccc(C(=O)C(C)(C)C)cc3)cc2c1. The van der Waals surface area contributed by atoms with Crippen molar-refractivity contribution in [2.45, 2.75) is 111 Å². The molecule has 0 unspecified atom stereocenters. The average molecular weight is 1520 g/mol. The third-order valence-electron chi connectivity index (χ3n) is 18.7. The maximum Gasteiger partial charge on any atom is 0.169 e. The Balaban J connectivity index is 0.000000151. The van der Waals surface area contributed by atoms with Gasteiger partial charge in [0.2, 0.25) is 0 Å². The average Bonchev–Trinajstić information content (AvgIpc) is 1.71. The minimum atomic E-state index is -0.417. The van der Waals surface area contributed by atoms with Crippen molar-refractivity contribution in [3.63, 3.8) is 0 Å². The van der Waals surface area contributed by atoms with Gasteiger partial charge in [-0.05, 0) is 162 Å². The summed E-state index contributed by atoms with van der Waals surface area (Å²) in [5, 5.41) is 22.8. The lowest BCUT2D eigenvalue weighted by Crippen LogP contribution is -2.20. The highest BCUT2D eigenvalue weighted by atomic mass is 16.5. The van der Waals surface area contributed by atoms with E-state index in [-0.39, 0.29) is 64.1 Å². The summed E-state index contributed by atoms with van der Waals surface area (Å²) in [6, 6.07) is 69.5. The first kappa shape index (κ1) is 83.3. The Hall–Kier alpha value is -13.2. The third-order valence-corrected chi connectivity index (χ3v) is 18.7. The summed E-state index contributed by atoms with van der Waals surface area (Å²) in [6.07, 6.45) is 5.16. The van der Waals surface area contributed by atoms with Crippen molar-refractivity contribution in [2.24, 2.45) is 27.1 Å². The van der Waals surface area contributed by atoms with Crippen molar-refractivity contribution in [3.05, 3.63) is 271 Å². The number of pyridine rings is 2. The van der Waals surface area contributed by atoms with Crippen molar-refractivity contribution in [2.75, 3.05) is 18.6 Å². The van der Waals surface area contributed by atoms with Gasteiger partial charge in [0.15, 0.2) is 34.7 Å². The fourth-order valence-electron chi connectivity index (χ4n) is 12.3. The molecule has 15 rings (SSSR count). The summed E-state index contributed by atoms with van der Waals surface area (Å²) in [5.41, 5.74) is 27.5. The van der Waals surface area contributed by atoms with Crippen LogP contribution in [-0.2, 0) is 0 Å². The quantitative estimate of drug-likeness (QED) is 0.0442. The first-order valence-corrected chi connectivity index (χ1v) is 37.3. The first-order valence-electron chi connectivity index (χ1n) is 37.3. The van der Waals surface area contributed by atoms with Gasteiger partial charge in [0.05, 0.1) is 18.5 Å². The zero-order chi connectivity index (χ0) is 81.6. The molecule has 0 spiro atoms. The molecule has 17 heteroatoms. The number of ketones is 5. The van der Waals surface area contributed by atoms with Crippen molar-refractivity contribution in [1.29, 1.82) is 0 Å². The lowest BCUT2D eigenvalue weighted by atomic mass is 9.86. The molecule has 0 aliphatic heterocycles. The Kier molecular flexibility index (Phi) is 24.7. The van der Waals surface area contributed by atoms with Crippen molar-refractivity contribution < 1.29 is 47.8 Å². The van der Waals surface area contributed by atoms with E-state index >= 15 is 0 Å². The summed E-state index contributed by atoms with van der Waals surface area (Å²) >= 11 is 0. The Morgan fingerprint density at radius 3 is 1.20 bits per heavy atom. The Morgan fingerprint density at radius 2 is 0.737 bits per heavy atom. The zero-order valence-corrected chi connectivity index (χ0v) is 66.8. The number of ether oxygens (including phenoxy) is 1. The molecule has 0 aliphatic carbocycles. The van der Waals surface area contributed by atoms with Crippen LogP contribution in [0.2, 0.25) is 0 Å². The first-order chi connectivity index (χ1) is 53.2. The van der Waals surface area contributed by atoms with Gasteiger partial charge in [-0.1, -0.05) is 196 Å². The minimum absolute atomic E-state index is 0. The molecular formula is C97H101N7O10. The number of benzene rings is 8. The molecule has 17 nitrogen and oxygen atoms in total. The van der Waals surface area contributed by atoms with Gasteiger partial charge in [-0.2, -0.15) is 0 Å². The normalized spacial score (nSPS) is 11.6. The lowest BCUT2D eigenvalue weighted by molar-refractivity contribution is 0.0852. The number of aromatic amines is 3. The van der Waals surface area contributed by atoms with Gasteiger partial charge in [-0.3, -0.25) is 33.9 Å². The van der Waals surface area contributed by atoms with Crippen LogP contribution in [-0.4, -0.2) is 71.2 Å². The number of rotatable bonds is 12. The fourth-order valence-corrected chi connectivity index (χ4v) is 12.3. The highest BCUT2D eigenvalue weighted by Crippen LogP contribution is 2.36. The predicted octanol–water partition coefficient (Wildman–Crippen LogP) is 24.4. The van der Waals surface area contributed by atoms with Crippen LogP contribution in [0.25, 0.3) is 112 Å². The Bertz CT molecular complexity index is 5570. The number of phenols is 2. The summed E-state index contributed by atoms with van der Waals surface area (Å²) < 4.78 is 16.9. The number of methoxy groups -OCH3 is 1. The van der Waals surface area contributed by atoms with E-state index < -0.39 is 10.8 Å². The smallest absolute Gasteiger partial charge is 0.169 e. The lowest BCUT2D eigenvalue weighted by Gasteiger charge is -2.16. The number of Topliss-reactive ketones (excluding diaryl/α,β-unsaturated/α-hetero) is 5. The number of hydrogen-bond donors (Lipinski definition) is 7. The summed E-state index contributed by atoms with van der Waals surface area (Å²) in [7, 11) is 1.67. The molecule has 0 fully saturated rings. The number of anilines is 2. The van der Waals surface area contributed by atoms with E-state index in [1.807, 2.05) is 274 Å². The molecule has 0 saturated heterocycles. The standard InChI is InChI=1S/C21H21NO2.C20H21NO2.C19H19NO2.2C18H18N2O2.CH4/c1-21(2,3)20(24)16-6-4-15(5-7-16)19-12-17(13-22-19)14-8-10-18(23)11-9-14;1-20(2,3)19(22)14-7-5-13(6-8-14)18-12-15-11-16(23-4)9-10-17(15)21-18;1-19(2,3)18(21)13-6-4-12(5-7-13)17-11-14-10-15(20)8-9-16(14)22-17;1-18(2,3)17(22)11-4-6-15(19-10-11)16-9-12-8-13(21)5-7-14(12)20-16;1-18(2,3)17(21)11-4-6-14(20-10-11)16-9-12-8-13(19)5-7-15(12)22-16;/h4-13,22-23H,1-3H3;5-12,21H,1-4H3;4-11H,20H2,1-3H3;4-10,20-21H,1-3H3;4-10H,19H2,1-3H3;1H4. The molecule has 7 aromatic heterocycles. The van der Waals surface area contributed by atoms with Gasteiger partial charge >= 0.3 is 0 Å². The van der Waals surface area contributed by atoms with Crippen LogP contribution in [0, 0.1) is 27.1 Å². The van der Waals surface area contributed by atoms with Crippen molar-refractivity contribution in [1.82, 2.24) is 24.9 Å². The van der Waals surface area contributed by atoms with E-state index in [0.717, 1.165) is 123 Å². The number of carbonyl (C=O) groups is 5. The van der Waals surface area contributed by atoms with E-state index in [2.05, 4.69) is 37.1 Å². The number of nitrogen functional groups attached to an aromatic ring is 2. The highest BCUT2D eigenvalue weighted by molar-refractivity contribution is 6.03. The number of aromatic nitrogens is 5. The molecule has 9 N–H and O–H groups in total. The van der Waals surface area contributed by atoms with Crippen LogP contribution in [0.4, 0.5) is 11.4 Å². The molecule has 584 valence electrons. The van der Waals surface area contributed by atoms with Crippen LogP contribution in [0.15, 0.2) is 252 Å². The van der Waals surface area contributed by atoms with Gasteiger partial charge in [-0.15, -0.1) is 0 Å². The number of carbonyl (C=O) groups excluding carboxylic acids is 5. The van der Waals surface area contributed by atoms with E-state index in [1.54, 1.807) is 68.0 Å². The largest absolute Gasteiger partial charge is 0.508 e. The number of nitrogens with two attached hydrogens (primary N) is 2. The molecule has 8 aromatic carbocycles. The molecule has 15 aromatic rings. The summed E-state index contributed by atoms with van der Waals surface area (Å²) in [5.74, 6) is 3.36. The molecular weight excluding hydrogens is 1420 g/mol. The minimum Gasteiger partial charge on any atom is -0.508 e. The summed E-state index contributed by atoms with van der Waals surface area (Å²) in [4.78, 5) is 80.0. The van der Waals surface area contributed by atoms with Gasteiger partial charge in [0.1, 0.15) is 39.9 Å². The van der Waals surface area contributed by atoms with Crippen LogP contribution < -0.4 is 16.2 Å². The van der Waals surface area contributed by atoms with E-state index in [4.69, 9.17) is 25.0 Å². The molecule has 0 bridgehead atoms.